The molecule has 0 atom stereocenters. The van der Waals surface area contributed by atoms with Crippen LogP contribution in [0.1, 0.15) is 58.4 Å². The zero-order chi connectivity index (χ0) is 36.0. The molecule has 0 aliphatic heterocycles. The molecule has 3 aliphatic rings. The molecule has 256 valence electrons. The minimum atomic E-state index is -0.431. The maximum atomic E-state index is 2.55. The van der Waals surface area contributed by atoms with Crippen molar-refractivity contribution in [2.24, 2.45) is 0 Å². The van der Waals surface area contributed by atoms with E-state index < -0.39 is 5.41 Å². The second-order valence-corrected chi connectivity index (χ2v) is 15.6. The molecule has 3 aliphatic carbocycles. The fraction of sp³-hybridized carbons (Fsp3) is 0.0943. The minimum absolute atomic E-state index is 0.128. The summed E-state index contributed by atoms with van der Waals surface area (Å²) >= 11 is 0. The van der Waals surface area contributed by atoms with Gasteiger partial charge in [0, 0.05) is 22.2 Å². The van der Waals surface area contributed by atoms with Crippen molar-refractivity contribution >= 4 is 17.1 Å². The molecule has 8 aromatic rings. The van der Waals surface area contributed by atoms with Crippen LogP contribution in [0.4, 0.5) is 17.1 Å². The lowest BCUT2D eigenvalue weighted by Gasteiger charge is -2.40. The molecule has 1 nitrogen and oxygen atoms in total. The third kappa shape index (κ3) is 4.15. The zero-order valence-electron chi connectivity index (χ0n) is 30.6. The average Bonchev–Trinajstić information content (AvgIpc) is 3.65. The van der Waals surface area contributed by atoms with Gasteiger partial charge in [-0.25, -0.2) is 0 Å². The van der Waals surface area contributed by atoms with Crippen molar-refractivity contribution < 1.29 is 0 Å². The molecule has 0 saturated heterocycles. The van der Waals surface area contributed by atoms with Crippen LogP contribution in [0.15, 0.2) is 188 Å². The van der Waals surface area contributed by atoms with Crippen LogP contribution in [0, 0.1) is 0 Å². The molecular formula is C53H39N. The first-order valence-electron chi connectivity index (χ1n) is 19.2. The summed E-state index contributed by atoms with van der Waals surface area (Å²) < 4.78 is 0. The van der Waals surface area contributed by atoms with Crippen molar-refractivity contribution in [2.75, 3.05) is 4.90 Å². The van der Waals surface area contributed by atoms with E-state index in [0.29, 0.717) is 0 Å². The fourth-order valence-electron chi connectivity index (χ4n) is 10.3. The van der Waals surface area contributed by atoms with Crippen LogP contribution in [0.2, 0.25) is 0 Å². The van der Waals surface area contributed by atoms with E-state index in [1.54, 1.807) is 0 Å². The highest BCUT2D eigenvalue weighted by molar-refractivity contribution is 6.00. The number of nitrogens with zero attached hydrogens (tertiary/aromatic N) is 1. The number of benzene rings is 8. The van der Waals surface area contributed by atoms with Gasteiger partial charge in [-0.05, 0) is 97.4 Å². The third-order valence-corrected chi connectivity index (χ3v) is 12.6. The molecule has 0 aromatic heterocycles. The van der Waals surface area contributed by atoms with Gasteiger partial charge in [0.25, 0.3) is 0 Å². The molecule has 0 N–H and O–H groups in total. The molecule has 0 saturated carbocycles. The van der Waals surface area contributed by atoms with E-state index in [1.165, 1.54) is 83.6 Å². The predicted molar refractivity (Wildman–Crippen MR) is 224 cm³/mol. The van der Waals surface area contributed by atoms with Gasteiger partial charge >= 0.3 is 0 Å². The van der Waals surface area contributed by atoms with Crippen molar-refractivity contribution in [1.82, 2.24) is 0 Å². The Hall–Kier alpha value is -6.44. The SMILES string of the molecule is CC1(C)c2ccccc2-c2ccc(N(c3ccccc3-c3ccccc3)c3cccc4c3-c3ccccc3C43c4ccccc4Cc4ccccc43)cc21. The molecule has 1 spiro atoms. The Morgan fingerprint density at radius 1 is 0.389 bits per heavy atom. The Labute approximate surface area is 317 Å². The van der Waals surface area contributed by atoms with Crippen molar-refractivity contribution in [1.29, 1.82) is 0 Å². The smallest absolute Gasteiger partial charge is 0.0719 e. The van der Waals surface area contributed by atoms with Gasteiger partial charge in [-0.3, -0.25) is 0 Å². The van der Waals surface area contributed by atoms with Crippen LogP contribution < -0.4 is 4.90 Å². The molecular weight excluding hydrogens is 651 g/mol. The fourth-order valence-corrected chi connectivity index (χ4v) is 10.3. The first-order chi connectivity index (χ1) is 26.6. The highest BCUT2D eigenvalue weighted by Gasteiger charge is 2.50. The molecule has 0 heterocycles. The highest BCUT2D eigenvalue weighted by Crippen LogP contribution is 2.62. The molecule has 0 amide bonds. The largest absolute Gasteiger partial charge is 0.309 e. The lowest BCUT2D eigenvalue weighted by molar-refractivity contribution is 0.660. The summed E-state index contributed by atoms with van der Waals surface area (Å²) in [6.07, 6.45) is 0.940. The lowest BCUT2D eigenvalue weighted by Crippen LogP contribution is -2.34. The van der Waals surface area contributed by atoms with Crippen molar-refractivity contribution in [3.63, 3.8) is 0 Å². The number of fused-ring (bicyclic) bond motifs is 12. The van der Waals surface area contributed by atoms with Crippen molar-refractivity contribution in [3.8, 4) is 33.4 Å². The van der Waals surface area contributed by atoms with Gasteiger partial charge in [0.1, 0.15) is 0 Å². The second-order valence-electron chi connectivity index (χ2n) is 15.6. The van der Waals surface area contributed by atoms with Gasteiger partial charge in [-0.15, -0.1) is 0 Å². The zero-order valence-corrected chi connectivity index (χ0v) is 30.6. The van der Waals surface area contributed by atoms with E-state index in [1.807, 2.05) is 0 Å². The van der Waals surface area contributed by atoms with Gasteiger partial charge in [0.05, 0.1) is 16.8 Å². The Morgan fingerprint density at radius 3 is 1.67 bits per heavy atom. The van der Waals surface area contributed by atoms with E-state index in [4.69, 9.17) is 0 Å². The second kappa shape index (κ2) is 11.5. The molecule has 54 heavy (non-hydrogen) atoms. The first-order valence-corrected chi connectivity index (χ1v) is 19.2. The summed E-state index contributed by atoms with van der Waals surface area (Å²) in [5.41, 5.74) is 21.6. The van der Waals surface area contributed by atoms with Crippen LogP contribution >= 0.6 is 0 Å². The summed E-state index contributed by atoms with van der Waals surface area (Å²) in [6, 6.07) is 70.4. The van der Waals surface area contributed by atoms with E-state index in [0.717, 1.165) is 17.8 Å². The summed E-state index contributed by atoms with van der Waals surface area (Å²) in [4.78, 5) is 2.55. The standard InChI is InChI=1S/C53H39N/c1-52(2)45-26-13-8-22-40(45)41-32-31-38(34-48(41)52)54(49-29-15-10-21-39(49)35-17-4-3-5-18-35)50-30-16-28-47-51(50)42-23-9-14-27-46(42)53(47)43-24-11-6-19-36(43)33-37-20-7-12-25-44(37)53/h3-32,34H,33H2,1-2H3. The Morgan fingerprint density at radius 2 is 0.926 bits per heavy atom. The maximum Gasteiger partial charge on any atom is 0.0719 e. The van der Waals surface area contributed by atoms with Gasteiger partial charge in [-0.2, -0.15) is 0 Å². The Kier molecular flexibility index (Phi) is 6.64. The maximum absolute atomic E-state index is 2.55. The van der Waals surface area contributed by atoms with Gasteiger partial charge in [-0.1, -0.05) is 178 Å². The topological polar surface area (TPSA) is 3.24 Å². The molecule has 0 bridgehead atoms. The van der Waals surface area contributed by atoms with Crippen LogP contribution in [0.3, 0.4) is 0 Å². The minimum Gasteiger partial charge on any atom is -0.309 e. The Bertz CT molecular complexity index is 2740. The average molecular weight is 690 g/mol. The van der Waals surface area contributed by atoms with E-state index in [2.05, 4.69) is 207 Å². The summed E-state index contributed by atoms with van der Waals surface area (Å²) in [5, 5.41) is 0. The number of rotatable bonds is 4. The molecule has 0 unspecified atom stereocenters. The summed E-state index contributed by atoms with van der Waals surface area (Å²) in [5.74, 6) is 0. The van der Waals surface area contributed by atoms with Gasteiger partial charge < -0.3 is 4.90 Å². The lowest BCUT2D eigenvalue weighted by atomic mass is 9.61. The summed E-state index contributed by atoms with van der Waals surface area (Å²) in [7, 11) is 0. The van der Waals surface area contributed by atoms with Crippen molar-refractivity contribution in [3.05, 3.63) is 233 Å². The van der Waals surface area contributed by atoms with Crippen molar-refractivity contribution in [2.45, 2.75) is 31.1 Å². The monoisotopic (exact) mass is 689 g/mol. The predicted octanol–water partition coefficient (Wildman–Crippen LogP) is 13.4. The highest BCUT2D eigenvalue weighted by atomic mass is 15.1. The molecule has 1 heteroatoms. The third-order valence-electron chi connectivity index (χ3n) is 12.6. The van der Waals surface area contributed by atoms with Crippen LogP contribution in [0.5, 0.6) is 0 Å². The van der Waals surface area contributed by atoms with Gasteiger partial charge in [0.2, 0.25) is 0 Å². The first kappa shape index (κ1) is 31.1. The van der Waals surface area contributed by atoms with E-state index in [-0.39, 0.29) is 5.41 Å². The number of anilines is 3. The molecule has 11 rings (SSSR count). The van der Waals surface area contributed by atoms with Crippen LogP contribution in [-0.4, -0.2) is 0 Å². The van der Waals surface area contributed by atoms with Gasteiger partial charge in [0.15, 0.2) is 0 Å². The van der Waals surface area contributed by atoms with Crippen LogP contribution in [0.25, 0.3) is 33.4 Å². The normalized spacial score (nSPS) is 14.7. The number of hydrogen-bond donors (Lipinski definition) is 0. The summed E-state index contributed by atoms with van der Waals surface area (Å²) in [6.45, 7) is 4.75. The molecule has 0 radical (unpaired) electrons. The van der Waals surface area contributed by atoms with E-state index >= 15 is 0 Å². The molecule has 8 aromatic carbocycles. The quantitative estimate of drug-likeness (QED) is 0.178. The number of para-hydroxylation sites is 1. The molecule has 0 fully saturated rings. The van der Waals surface area contributed by atoms with E-state index in [9.17, 15) is 0 Å². The Balaban J connectivity index is 1.24. The number of hydrogen-bond acceptors (Lipinski definition) is 1. The van der Waals surface area contributed by atoms with Crippen LogP contribution in [-0.2, 0) is 17.3 Å².